The largest absolute Gasteiger partial charge is 0.480 e. The Morgan fingerprint density at radius 3 is 2.93 bits per heavy atom. The molecule has 2 aromatic rings. The summed E-state index contributed by atoms with van der Waals surface area (Å²) in [7, 11) is 0. The normalized spacial score (nSPS) is 17.1. The van der Waals surface area contributed by atoms with Crippen molar-refractivity contribution in [1.29, 1.82) is 0 Å². The molecule has 1 N–H and O–H groups in total. The molecule has 5 nitrogen and oxygen atoms in total. The minimum absolute atomic E-state index is 0.249. The summed E-state index contributed by atoms with van der Waals surface area (Å²) >= 11 is 14.1. The van der Waals surface area contributed by atoms with Gasteiger partial charge in [-0.15, -0.1) is 0 Å². The molecule has 1 aliphatic heterocycles. The van der Waals surface area contributed by atoms with Crippen LogP contribution in [0.4, 0.5) is 0 Å². The standard InChI is InChI=1S/C18H15ClN2O3S3/c1-26-8-7-13(17(23)24)21-16(22)14(27-18(21)25)9-11-6-5-10-3-2-4-12(19)15(10)20-11/h2-6,9,13H,7-8H2,1H3,(H,23,24)/b14-9-. The molecule has 1 saturated heterocycles. The molecule has 1 atom stereocenters. The van der Waals surface area contributed by atoms with Crippen LogP contribution in [-0.4, -0.2) is 49.2 Å². The predicted molar refractivity (Wildman–Crippen MR) is 116 cm³/mol. The quantitative estimate of drug-likeness (QED) is 0.532. The fraction of sp³-hybridized carbons (Fsp3) is 0.222. The number of rotatable bonds is 6. The van der Waals surface area contributed by atoms with Crippen LogP contribution in [0.25, 0.3) is 17.0 Å². The molecule has 0 aliphatic carbocycles. The third-order valence-corrected chi connectivity index (χ3v) is 6.27. The van der Waals surface area contributed by atoms with Gasteiger partial charge < -0.3 is 5.11 Å². The number of pyridine rings is 1. The predicted octanol–water partition coefficient (Wildman–Crippen LogP) is 4.30. The van der Waals surface area contributed by atoms with Gasteiger partial charge in [0.1, 0.15) is 10.4 Å². The molecule has 1 fully saturated rings. The number of hydrogen-bond donors (Lipinski definition) is 1. The second-order valence-corrected chi connectivity index (χ2v) is 8.80. The first-order valence-electron chi connectivity index (χ1n) is 7.96. The molecule has 3 rings (SSSR count). The molecule has 2 heterocycles. The van der Waals surface area contributed by atoms with Gasteiger partial charge in [0.2, 0.25) is 0 Å². The van der Waals surface area contributed by atoms with E-state index in [9.17, 15) is 14.7 Å². The van der Waals surface area contributed by atoms with Gasteiger partial charge in [0.05, 0.1) is 21.1 Å². The number of carboxylic acid groups (broad SMARTS) is 1. The summed E-state index contributed by atoms with van der Waals surface area (Å²) in [6.45, 7) is 0. The zero-order chi connectivity index (χ0) is 19.6. The first kappa shape index (κ1) is 20.1. The van der Waals surface area contributed by atoms with Gasteiger partial charge in [-0.1, -0.05) is 53.8 Å². The number of benzene rings is 1. The minimum atomic E-state index is -1.06. The third kappa shape index (κ3) is 4.29. The molecule has 1 aliphatic rings. The summed E-state index contributed by atoms with van der Waals surface area (Å²) in [6, 6.07) is 8.20. The maximum atomic E-state index is 12.8. The van der Waals surface area contributed by atoms with Crippen molar-refractivity contribution in [2.45, 2.75) is 12.5 Å². The van der Waals surface area contributed by atoms with Gasteiger partial charge in [0.25, 0.3) is 5.91 Å². The van der Waals surface area contributed by atoms with Crippen LogP contribution in [0.3, 0.4) is 0 Å². The molecule has 27 heavy (non-hydrogen) atoms. The molecule has 1 amide bonds. The smallest absolute Gasteiger partial charge is 0.326 e. The zero-order valence-electron chi connectivity index (χ0n) is 14.2. The molecular formula is C18H15ClN2O3S3. The molecule has 1 aromatic carbocycles. The van der Waals surface area contributed by atoms with Gasteiger partial charge in [-0.2, -0.15) is 11.8 Å². The summed E-state index contributed by atoms with van der Waals surface area (Å²) in [5, 5.41) is 10.9. The Morgan fingerprint density at radius 2 is 2.22 bits per heavy atom. The van der Waals surface area contributed by atoms with Gasteiger partial charge in [-0.25, -0.2) is 9.78 Å². The first-order valence-corrected chi connectivity index (χ1v) is 11.0. The molecule has 9 heteroatoms. The van der Waals surface area contributed by atoms with Crippen molar-refractivity contribution in [3.8, 4) is 0 Å². The average Bonchev–Trinajstić information content (AvgIpc) is 2.90. The number of carbonyl (C=O) groups excluding carboxylic acids is 1. The molecular weight excluding hydrogens is 424 g/mol. The summed E-state index contributed by atoms with van der Waals surface area (Å²) in [4.78, 5) is 30.4. The number of halogens is 1. The summed E-state index contributed by atoms with van der Waals surface area (Å²) < 4.78 is 0.249. The van der Waals surface area contributed by atoms with Crippen LogP contribution in [0.1, 0.15) is 12.1 Å². The summed E-state index contributed by atoms with van der Waals surface area (Å²) in [5.74, 6) is -0.839. The number of hydrogen-bond acceptors (Lipinski definition) is 6. The van der Waals surface area contributed by atoms with Crippen LogP contribution in [0.2, 0.25) is 5.02 Å². The van der Waals surface area contributed by atoms with E-state index < -0.39 is 17.9 Å². The van der Waals surface area contributed by atoms with Gasteiger partial charge in [-0.05, 0) is 36.6 Å². The van der Waals surface area contributed by atoms with Crippen molar-refractivity contribution in [1.82, 2.24) is 9.88 Å². The van der Waals surface area contributed by atoms with E-state index in [-0.39, 0.29) is 4.32 Å². The van der Waals surface area contributed by atoms with Crippen LogP contribution >= 0.6 is 47.3 Å². The van der Waals surface area contributed by atoms with Crippen molar-refractivity contribution in [3.63, 3.8) is 0 Å². The highest BCUT2D eigenvalue weighted by Crippen LogP contribution is 2.35. The van der Waals surface area contributed by atoms with E-state index >= 15 is 0 Å². The van der Waals surface area contributed by atoms with E-state index in [1.807, 2.05) is 24.5 Å². The Morgan fingerprint density at radius 1 is 1.44 bits per heavy atom. The minimum Gasteiger partial charge on any atom is -0.480 e. The van der Waals surface area contributed by atoms with Crippen LogP contribution < -0.4 is 0 Å². The summed E-state index contributed by atoms with van der Waals surface area (Å²) in [5.41, 5.74) is 1.21. The number of amides is 1. The number of thioether (sulfide) groups is 2. The van der Waals surface area contributed by atoms with Crippen molar-refractivity contribution in [2.24, 2.45) is 0 Å². The Labute approximate surface area is 175 Å². The van der Waals surface area contributed by atoms with Crippen molar-refractivity contribution >= 4 is 80.5 Å². The van der Waals surface area contributed by atoms with E-state index in [1.54, 1.807) is 18.2 Å². The van der Waals surface area contributed by atoms with E-state index in [0.29, 0.717) is 33.3 Å². The lowest BCUT2D eigenvalue weighted by atomic mass is 10.2. The molecule has 140 valence electrons. The SMILES string of the molecule is CSCCC(C(=O)O)N1C(=O)/C(=C/c2ccc3cccc(Cl)c3n2)SC1=S. The number of carbonyl (C=O) groups is 2. The third-order valence-electron chi connectivity index (χ3n) is 3.99. The second-order valence-electron chi connectivity index (χ2n) is 5.73. The number of aromatic nitrogens is 1. The van der Waals surface area contributed by atoms with Crippen molar-refractivity contribution in [3.05, 3.63) is 46.0 Å². The highest BCUT2D eigenvalue weighted by molar-refractivity contribution is 8.26. The van der Waals surface area contributed by atoms with E-state index in [1.165, 1.54) is 16.7 Å². The summed E-state index contributed by atoms with van der Waals surface area (Å²) in [6.07, 6.45) is 3.84. The van der Waals surface area contributed by atoms with Crippen LogP contribution in [0, 0.1) is 0 Å². The first-order chi connectivity index (χ1) is 12.9. The average molecular weight is 439 g/mol. The number of carboxylic acids is 1. The highest BCUT2D eigenvalue weighted by atomic mass is 35.5. The molecule has 1 aromatic heterocycles. The topological polar surface area (TPSA) is 70.5 Å². The van der Waals surface area contributed by atoms with Crippen LogP contribution in [-0.2, 0) is 9.59 Å². The van der Waals surface area contributed by atoms with Gasteiger partial charge >= 0.3 is 5.97 Å². The maximum Gasteiger partial charge on any atom is 0.326 e. The number of fused-ring (bicyclic) bond motifs is 1. The Balaban J connectivity index is 1.92. The van der Waals surface area contributed by atoms with Crippen LogP contribution in [0.5, 0.6) is 0 Å². The number of thiocarbonyl (C=S) groups is 1. The van der Waals surface area contributed by atoms with E-state index in [0.717, 1.165) is 17.1 Å². The highest BCUT2D eigenvalue weighted by Gasteiger charge is 2.40. The maximum absolute atomic E-state index is 12.8. The lowest BCUT2D eigenvalue weighted by Crippen LogP contribution is -2.44. The lowest BCUT2D eigenvalue weighted by molar-refractivity contribution is -0.145. The van der Waals surface area contributed by atoms with Gasteiger partial charge in [-0.3, -0.25) is 9.69 Å². The fourth-order valence-electron chi connectivity index (χ4n) is 2.68. The monoisotopic (exact) mass is 438 g/mol. The zero-order valence-corrected chi connectivity index (χ0v) is 17.4. The fourth-order valence-corrected chi connectivity index (χ4v) is 4.71. The van der Waals surface area contributed by atoms with E-state index in [4.69, 9.17) is 23.8 Å². The number of nitrogens with zero attached hydrogens (tertiary/aromatic N) is 2. The van der Waals surface area contributed by atoms with E-state index in [2.05, 4.69) is 4.98 Å². The molecule has 0 spiro atoms. The number of para-hydroxylation sites is 1. The Hall–Kier alpha value is -1.61. The molecule has 0 saturated carbocycles. The molecule has 0 bridgehead atoms. The number of aliphatic carboxylic acids is 1. The van der Waals surface area contributed by atoms with Gasteiger partial charge in [0.15, 0.2) is 0 Å². The van der Waals surface area contributed by atoms with Crippen molar-refractivity contribution < 1.29 is 14.7 Å². The molecule has 0 radical (unpaired) electrons. The second kappa shape index (κ2) is 8.60. The molecule has 1 unspecified atom stereocenters. The Bertz CT molecular complexity index is 964. The van der Waals surface area contributed by atoms with Gasteiger partial charge in [0, 0.05) is 5.39 Å². The Kier molecular flexibility index (Phi) is 6.41. The van der Waals surface area contributed by atoms with Crippen LogP contribution in [0.15, 0.2) is 35.2 Å². The van der Waals surface area contributed by atoms with Crippen molar-refractivity contribution in [2.75, 3.05) is 12.0 Å². The lowest BCUT2D eigenvalue weighted by Gasteiger charge is -2.22.